The fraction of sp³-hybridized carbons (Fsp3) is 0.111. The Balaban J connectivity index is 2.28. The summed E-state index contributed by atoms with van der Waals surface area (Å²) in [6.45, 7) is 0. The summed E-state index contributed by atoms with van der Waals surface area (Å²) in [4.78, 5) is 30.6. The first-order chi connectivity index (χ1) is 7.69. The van der Waals surface area contributed by atoms with Crippen LogP contribution in [0.25, 0.3) is 6.08 Å². The molecule has 0 unspecified atom stereocenters. The van der Waals surface area contributed by atoms with E-state index < -0.39 is 0 Å². The van der Waals surface area contributed by atoms with Gasteiger partial charge in [0.05, 0.1) is 10.6 Å². The van der Waals surface area contributed by atoms with Gasteiger partial charge in [-0.15, -0.1) is 0 Å². The third-order valence-electron chi connectivity index (χ3n) is 1.82. The number of nitrogens with one attached hydrogen (secondary N) is 2. The SMILES string of the molecule is CNc1nccc(/C=C2\SC(=O)NC2=O)n1. The van der Waals surface area contributed by atoms with E-state index in [1.54, 1.807) is 25.4 Å². The molecule has 16 heavy (non-hydrogen) atoms. The summed E-state index contributed by atoms with van der Waals surface area (Å²) in [5.41, 5.74) is 0.576. The van der Waals surface area contributed by atoms with E-state index in [9.17, 15) is 9.59 Å². The maximum Gasteiger partial charge on any atom is 0.290 e. The topological polar surface area (TPSA) is 84.0 Å². The van der Waals surface area contributed by atoms with Crippen molar-refractivity contribution in [3.8, 4) is 0 Å². The lowest BCUT2D eigenvalue weighted by Crippen LogP contribution is -2.17. The second-order valence-electron chi connectivity index (χ2n) is 2.91. The third-order valence-corrected chi connectivity index (χ3v) is 2.63. The van der Waals surface area contributed by atoms with Gasteiger partial charge < -0.3 is 5.32 Å². The molecule has 1 saturated heterocycles. The van der Waals surface area contributed by atoms with E-state index in [2.05, 4.69) is 20.6 Å². The van der Waals surface area contributed by atoms with Crippen molar-refractivity contribution in [2.24, 2.45) is 0 Å². The average Bonchev–Trinajstić information content (AvgIpc) is 2.58. The van der Waals surface area contributed by atoms with Gasteiger partial charge >= 0.3 is 0 Å². The van der Waals surface area contributed by atoms with Gasteiger partial charge in [0.25, 0.3) is 11.1 Å². The predicted molar refractivity (Wildman–Crippen MR) is 60.7 cm³/mol. The van der Waals surface area contributed by atoms with Crippen LogP contribution in [-0.2, 0) is 4.79 Å². The zero-order valence-corrected chi connectivity index (χ0v) is 9.17. The monoisotopic (exact) mass is 236 g/mol. The molecule has 2 amide bonds. The van der Waals surface area contributed by atoms with E-state index in [-0.39, 0.29) is 11.1 Å². The summed E-state index contributed by atoms with van der Waals surface area (Å²) < 4.78 is 0. The Morgan fingerprint density at radius 3 is 2.94 bits per heavy atom. The van der Waals surface area contributed by atoms with Crippen LogP contribution >= 0.6 is 11.8 Å². The van der Waals surface area contributed by atoms with Crippen LogP contribution in [0.1, 0.15) is 5.69 Å². The summed E-state index contributed by atoms with van der Waals surface area (Å²) in [5.74, 6) is 0.0729. The Morgan fingerprint density at radius 2 is 2.31 bits per heavy atom. The molecular formula is C9H8N4O2S. The van der Waals surface area contributed by atoms with Crippen molar-refractivity contribution in [2.75, 3.05) is 12.4 Å². The zero-order valence-electron chi connectivity index (χ0n) is 8.35. The highest BCUT2D eigenvalue weighted by molar-refractivity contribution is 8.18. The molecule has 1 fully saturated rings. The lowest BCUT2D eigenvalue weighted by Gasteiger charge is -1.98. The molecule has 2 heterocycles. The third kappa shape index (κ3) is 2.19. The van der Waals surface area contributed by atoms with Crippen LogP contribution in [0, 0.1) is 0 Å². The lowest BCUT2D eigenvalue weighted by atomic mass is 10.3. The van der Waals surface area contributed by atoms with E-state index in [4.69, 9.17) is 0 Å². The normalized spacial score (nSPS) is 17.7. The first kappa shape index (κ1) is 10.6. The second kappa shape index (κ2) is 4.31. The molecule has 1 aromatic heterocycles. The van der Waals surface area contributed by atoms with E-state index >= 15 is 0 Å². The van der Waals surface area contributed by atoms with Gasteiger partial charge in [0.15, 0.2) is 0 Å². The van der Waals surface area contributed by atoms with Gasteiger partial charge in [0.1, 0.15) is 0 Å². The first-order valence-corrected chi connectivity index (χ1v) is 5.26. The van der Waals surface area contributed by atoms with Crippen molar-refractivity contribution in [2.45, 2.75) is 0 Å². The average molecular weight is 236 g/mol. The quantitative estimate of drug-likeness (QED) is 0.740. The largest absolute Gasteiger partial charge is 0.357 e. The number of amides is 2. The maximum absolute atomic E-state index is 11.3. The Labute approximate surface area is 95.5 Å². The maximum atomic E-state index is 11.3. The molecule has 7 heteroatoms. The number of hydrogen-bond donors (Lipinski definition) is 2. The molecule has 1 aliphatic heterocycles. The van der Waals surface area contributed by atoms with E-state index in [0.29, 0.717) is 16.5 Å². The number of rotatable bonds is 2. The van der Waals surface area contributed by atoms with Crippen molar-refractivity contribution in [1.29, 1.82) is 0 Å². The highest BCUT2D eigenvalue weighted by Gasteiger charge is 2.25. The first-order valence-electron chi connectivity index (χ1n) is 4.44. The van der Waals surface area contributed by atoms with Crippen LogP contribution in [0.3, 0.4) is 0 Å². The summed E-state index contributed by atoms with van der Waals surface area (Å²) in [5, 5.41) is 4.60. The molecule has 0 bridgehead atoms. The Hall–Kier alpha value is -1.89. The van der Waals surface area contributed by atoms with Crippen molar-refractivity contribution in [3.63, 3.8) is 0 Å². The van der Waals surface area contributed by atoms with Gasteiger partial charge in [-0.2, -0.15) is 0 Å². The molecule has 0 spiro atoms. The van der Waals surface area contributed by atoms with E-state index in [0.717, 1.165) is 11.8 Å². The highest BCUT2D eigenvalue weighted by Crippen LogP contribution is 2.24. The molecule has 1 aromatic rings. The predicted octanol–water partition coefficient (Wildman–Crippen LogP) is 0.842. The van der Waals surface area contributed by atoms with Crippen LogP contribution in [0.2, 0.25) is 0 Å². The smallest absolute Gasteiger partial charge is 0.290 e. The van der Waals surface area contributed by atoms with Crippen molar-refractivity contribution in [1.82, 2.24) is 15.3 Å². The second-order valence-corrected chi connectivity index (χ2v) is 3.92. The van der Waals surface area contributed by atoms with Gasteiger partial charge in [-0.3, -0.25) is 14.9 Å². The number of carbonyl (C=O) groups is 2. The van der Waals surface area contributed by atoms with Crippen molar-refractivity contribution >= 4 is 34.9 Å². The minimum Gasteiger partial charge on any atom is -0.357 e. The number of anilines is 1. The molecule has 0 saturated carbocycles. The minimum absolute atomic E-state index is 0.339. The van der Waals surface area contributed by atoms with Crippen LogP contribution in [0.5, 0.6) is 0 Å². The zero-order chi connectivity index (χ0) is 11.5. The van der Waals surface area contributed by atoms with Crippen LogP contribution in [-0.4, -0.2) is 28.2 Å². The molecule has 82 valence electrons. The lowest BCUT2D eigenvalue weighted by molar-refractivity contribution is -0.115. The molecule has 2 N–H and O–H groups in total. The van der Waals surface area contributed by atoms with Gasteiger partial charge in [-0.1, -0.05) is 0 Å². The number of aromatic nitrogens is 2. The molecule has 1 aliphatic rings. The summed E-state index contributed by atoms with van der Waals surface area (Å²) in [6.07, 6.45) is 3.12. The molecule has 0 atom stereocenters. The van der Waals surface area contributed by atoms with E-state index in [1.165, 1.54) is 0 Å². The number of thioether (sulfide) groups is 1. The Morgan fingerprint density at radius 1 is 1.50 bits per heavy atom. The summed E-state index contributed by atoms with van der Waals surface area (Å²) in [7, 11) is 1.70. The molecule has 2 rings (SSSR count). The van der Waals surface area contributed by atoms with Crippen LogP contribution in [0.4, 0.5) is 10.7 Å². The van der Waals surface area contributed by atoms with Gasteiger partial charge in [0.2, 0.25) is 5.95 Å². The van der Waals surface area contributed by atoms with Crippen LogP contribution < -0.4 is 10.6 Å². The van der Waals surface area contributed by atoms with Gasteiger partial charge in [-0.05, 0) is 23.9 Å². The molecule has 0 aliphatic carbocycles. The number of nitrogens with zero attached hydrogens (tertiary/aromatic N) is 2. The standard InChI is InChI=1S/C9H8N4O2S/c1-10-8-11-3-2-5(12-8)4-6-7(14)13-9(15)16-6/h2-4H,1H3,(H,10,11,12)(H,13,14,15)/b6-4-. The summed E-state index contributed by atoms with van der Waals surface area (Å²) >= 11 is 0.863. The Kier molecular flexibility index (Phi) is 2.86. The molecule has 0 radical (unpaired) electrons. The van der Waals surface area contributed by atoms with Crippen molar-refractivity contribution < 1.29 is 9.59 Å². The highest BCUT2D eigenvalue weighted by atomic mass is 32.2. The van der Waals surface area contributed by atoms with Gasteiger partial charge in [0, 0.05) is 13.2 Å². The summed E-state index contributed by atoms with van der Waals surface area (Å²) in [6, 6.07) is 1.66. The molecule has 6 nitrogen and oxygen atoms in total. The number of imide groups is 1. The minimum atomic E-state index is -0.389. The number of carbonyl (C=O) groups excluding carboxylic acids is 2. The Bertz CT molecular complexity index is 486. The van der Waals surface area contributed by atoms with Crippen molar-refractivity contribution in [3.05, 3.63) is 22.9 Å². The molecule has 0 aromatic carbocycles. The van der Waals surface area contributed by atoms with E-state index in [1.807, 2.05) is 0 Å². The molecular weight excluding hydrogens is 228 g/mol. The van der Waals surface area contributed by atoms with Gasteiger partial charge in [-0.25, -0.2) is 9.97 Å². The van der Waals surface area contributed by atoms with Crippen LogP contribution in [0.15, 0.2) is 17.2 Å². The fourth-order valence-electron chi connectivity index (χ4n) is 1.13. The number of hydrogen-bond acceptors (Lipinski definition) is 6. The fourth-order valence-corrected chi connectivity index (χ4v) is 1.80.